The third kappa shape index (κ3) is 5.15. The number of nitrogens with one attached hydrogen (secondary N) is 1. The molecule has 0 saturated carbocycles. The molecule has 1 aromatic carbocycles. The smallest absolute Gasteiger partial charge is 0.326 e. The first kappa shape index (κ1) is 18.7. The second-order valence-electron chi connectivity index (χ2n) is 4.59. The molecule has 0 atom stereocenters. The molecule has 124 valence electrons. The minimum atomic E-state index is -4.65. The molecule has 0 bridgehead atoms. The van der Waals surface area contributed by atoms with Crippen LogP contribution in [0.3, 0.4) is 0 Å². The van der Waals surface area contributed by atoms with Gasteiger partial charge < -0.3 is 5.32 Å². The van der Waals surface area contributed by atoms with Crippen LogP contribution in [0.2, 0.25) is 5.02 Å². The summed E-state index contributed by atoms with van der Waals surface area (Å²) in [5.41, 5.74) is -1.18. The predicted octanol–water partition coefficient (Wildman–Crippen LogP) is 2.58. The number of halogens is 4. The molecule has 0 spiro atoms. The molecule has 0 heterocycles. The van der Waals surface area contributed by atoms with Gasteiger partial charge in [-0.05, 0) is 18.2 Å². The Kier molecular flexibility index (Phi) is 5.82. The summed E-state index contributed by atoms with van der Waals surface area (Å²) in [6.45, 7) is 0. The maximum absolute atomic E-state index is 12.7. The summed E-state index contributed by atoms with van der Waals surface area (Å²) in [6.07, 6.45) is -5.02. The van der Waals surface area contributed by atoms with Crippen molar-refractivity contribution < 1.29 is 26.4 Å². The summed E-state index contributed by atoms with van der Waals surface area (Å²) in [7, 11) is -0.909. The number of nitrogens with zero attached hydrogens (tertiary/aromatic N) is 1. The van der Waals surface area contributed by atoms with Gasteiger partial charge in [0.05, 0.1) is 16.3 Å². The number of hydrogen-bond donors (Lipinski definition) is 1. The summed E-state index contributed by atoms with van der Waals surface area (Å²) >= 11 is 5.46. The van der Waals surface area contributed by atoms with Gasteiger partial charge in [0.2, 0.25) is 15.9 Å². The van der Waals surface area contributed by atoms with E-state index in [-0.39, 0.29) is 12.1 Å². The van der Waals surface area contributed by atoms with Crippen molar-refractivity contribution in [2.24, 2.45) is 0 Å². The molecule has 10 heteroatoms. The summed E-state index contributed by atoms with van der Waals surface area (Å²) in [5, 5.41) is 1.73. The van der Waals surface area contributed by atoms with Gasteiger partial charge in [0.1, 0.15) is 0 Å². The van der Waals surface area contributed by atoms with E-state index in [1.165, 1.54) is 20.2 Å². The van der Waals surface area contributed by atoms with Crippen LogP contribution < -0.4 is 5.32 Å². The number of rotatable bonds is 5. The number of sulfonamides is 1. The third-order valence-electron chi connectivity index (χ3n) is 2.70. The van der Waals surface area contributed by atoms with Crippen molar-refractivity contribution in [2.45, 2.75) is 12.6 Å². The second-order valence-corrected chi connectivity index (χ2v) is 7.30. The standard InChI is InChI=1S/C12H14ClF3N2O3S/c1-18(2)22(20,21)6-5-11(19)17-8-3-4-10(13)9(7-8)12(14,15)16/h3-4,7H,5-6H2,1-2H3,(H,17,19). The van der Waals surface area contributed by atoms with E-state index in [0.29, 0.717) is 6.07 Å². The van der Waals surface area contributed by atoms with Gasteiger partial charge in [-0.3, -0.25) is 4.79 Å². The average molecular weight is 359 g/mol. The quantitative estimate of drug-likeness (QED) is 0.879. The van der Waals surface area contributed by atoms with Crippen LogP contribution in [-0.4, -0.2) is 38.5 Å². The third-order valence-corrected chi connectivity index (χ3v) is 4.86. The number of benzene rings is 1. The SMILES string of the molecule is CN(C)S(=O)(=O)CCC(=O)Nc1ccc(Cl)c(C(F)(F)F)c1. The highest BCUT2D eigenvalue weighted by molar-refractivity contribution is 7.89. The van der Waals surface area contributed by atoms with E-state index in [1.54, 1.807) is 0 Å². The fraction of sp³-hybridized carbons (Fsp3) is 0.417. The van der Waals surface area contributed by atoms with E-state index in [1.807, 2.05) is 0 Å². The van der Waals surface area contributed by atoms with Gasteiger partial charge in [-0.25, -0.2) is 12.7 Å². The molecular weight excluding hydrogens is 345 g/mol. The number of alkyl halides is 3. The molecule has 5 nitrogen and oxygen atoms in total. The highest BCUT2D eigenvalue weighted by Gasteiger charge is 2.33. The lowest BCUT2D eigenvalue weighted by atomic mass is 10.2. The van der Waals surface area contributed by atoms with Crippen LogP contribution in [0.1, 0.15) is 12.0 Å². The molecule has 22 heavy (non-hydrogen) atoms. The van der Waals surface area contributed by atoms with Crippen LogP contribution in [0.15, 0.2) is 18.2 Å². The van der Waals surface area contributed by atoms with Crippen LogP contribution in [0.25, 0.3) is 0 Å². The maximum Gasteiger partial charge on any atom is 0.417 e. The van der Waals surface area contributed by atoms with Crippen molar-refractivity contribution in [1.82, 2.24) is 4.31 Å². The average Bonchev–Trinajstić information content (AvgIpc) is 2.37. The van der Waals surface area contributed by atoms with Crippen molar-refractivity contribution in [3.05, 3.63) is 28.8 Å². The molecule has 0 unspecified atom stereocenters. The molecule has 0 fully saturated rings. The largest absolute Gasteiger partial charge is 0.417 e. The summed E-state index contributed by atoms with van der Waals surface area (Å²) in [5.74, 6) is -1.15. The van der Waals surface area contributed by atoms with Crippen LogP contribution >= 0.6 is 11.6 Å². The Morgan fingerprint density at radius 2 is 1.91 bits per heavy atom. The highest BCUT2D eigenvalue weighted by atomic mass is 35.5. The minimum Gasteiger partial charge on any atom is -0.326 e. The van der Waals surface area contributed by atoms with Crippen LogP contribution in [-0.2, 0) is 21.0 Å². The van der Waals surface area contributed by atoms with E-state index >= 15 is 0 Å². The molecule has 0 radical (unpaired) electrons. The highest BCUT2D eigenvalue weighted by Crippen LogP contribution is 2.36. The fourth-order valence-electron chi connectivity index (χ4n) is 1.45. The van der Waals surface area contributed by atoms with Gasteiger partial charge in [0.25, 0.3) is 0 Å². The Morgan fingerprint density at radius 3 is 2.41 bits per heavy atom. The number of hydrogen-bond acceptors (Lipinski definition) is 3. The van der Waals surface area contributed by atoms with E-state index in [2.05, 4.69) is 5.32 Å². The first-order chi connectivity index (χ1) is 9.93. The lowest BCUT2D eigenvalue weighted by Gasteiger charge is -2.13. The number of amides is 1. The number of anilines is 1. The Hall–Kier alpha value is -1.32. The molecule has 0 aliphatic carbocycles. The van der Waals surface area contributed by atoms with E-state index < -0.39 is 38.4 Å². The fourth-order valence-corrected chi connectivity index (χ4v) is 2.48. The van der Waals surface area contributed by atoms with Gasteiger partial charge in [-0.15, -0.1) is 0 Å². The lowest BCUT2D eigenvalue weighted by molar-refractivity contribution is -0.137. The molecule has 0 aromatic heterocycles. The van der Waals surface area contributed by atoms with Gasteiger partial charge in [0.15, 0.2) is 0 Å². The summed E-state index contributed by atoms with van der Waals surface area (Å²) < 4.78 is 62.0. The Balaban J connectivity index is 2.78. The molecule has 0 aliphatic rings. The van der Waals surface area contributed by atoms with E-state index in [0.717, 1.165) is 10.4 Å². The minimum absolute atomic E-state index is 0.107. The van der Waals surface area contributed by atoms with Gasteiger partial charge in [0, 0.05) is 26.2 Å². The predicted molar refractivity (Wildman–Crippen MR) is 77.2 cm³/mol. The van der Waals surface area contributed by atoms with Crippen molar-refractivity contribution in [2.75, 3.05) is 25.2 Å². The van der Waals surface area contributed by atoms with Crippen molar-refractivity contribution in [3.63, 3.8) is 0 Å². The van der Waals surface area contributed by atoms with Gasteiger partial charge >= 0.3 is 6.18 Å². The number of carbonyl (C=O) groups is 1. The molecular formula is C12H14ClF3N2O3S. The Labute approximate surface area is 131 Å². The topological polar surface area (TPSA) is 66.5 Å². The molecule has 1 N–H and O–H groups in total. The molecule has 0 saturated heterocycles. The monoisotopic (exact) mass is 358 g/mol. The van der Waals surface area contributed by atoms with Crippen LogP contribution in [0, 0.1) is 0 Å². The Bertz CT molecular complexity index is 660. The normalized spacial score (nSPS) is 12.5. The molecule has 1 aromatic rings. The zero-order valence-corrected chi connectivity index (χ0v) is 13.3. The van der Waals surface area contributed by atoms with E-state index in [4.69, 9.17) is 11.6 Å². The zero-order chi connectivity index (χ0) is 17.1. The molecule has 0 aliphatic heterocycles. The van der Waals surface area contributed by atoms with E-state index in [9.17, 15) is 26.4 Å². The molecule has 1 amide bonds. The Morgan fingerprint density at radius 1 is 1.32 bits per heavy atom. The van der Waals surface area contributed by atoms with Gasteiger partial charge in [-0.1, -0.05) is 11.6 Å². The number of carbonyl (C=O) groups excluding carboxylic acids is 1. The van der Waals surface area contributed by atoms with Gasteiger partial charge in [-0.2, -0.15) is 13.2 Å². The zero-order valence-electron chi connectivity index (χ0n) is 11.7. The van der Waals surface area contributed by atoms with Crippen LogP contribution in [0.5, 0.6) is 0 Å². The van der Waals surface area contributed by atoms with Crippen LogP contribution in [0.4, 0.5) is 18.9 Å². The first-order valence-corrected chi connectivity index (χ1v) is 7.99. The van der Waals surface area contributed by atoms with Crippen molar-refractivity contribution in [3.8, 4) is 0 Å². The first-order valence-electron chi connectivity index (χ1n) is 6.00. The van der Waals surface area contributed by atoms with Crippen molar-refractivity contribution in [1.29, 1.82) is 0 Å². The lowest BCUT2D eigenvalue weighted by Crippen LogP contribution is -2.27. The molecule has 1 rings (SSSR count). The second kappa shape index (κ2) is 6.84. The maximum atomic E-state index is 12.7. The summed E-state index contributed by atoms with van der Waals surface area (Å²) in [4.78, 5) is 11.6. The van der Waals surface area contributed by atoms with Crippen molar-refractivity contribution >= 4 is 33.2 Å². The summed E-state index contributed by atoms with van der Waals surface area (Å²) in [6, 6.07) is 2.91.